The summed E-state index contributed by atoms with van der Waals surface area (Å²) in [5, 5.41) is 0. The Morgan fingerprint density at radius 1 is 0.867 bits per heavy atom. The highest BCUT2D eigenvalue weighted by Crippen LogP contribution is 2.23. The van der Waals surface area contributed by atoms with Gasteiger partial charge in [0, 0.05) is 0 Å². The number of esters is 2. The second-order valence-corrected chi connectivity index (χ2v) is 8.44. The molecule has 2 aliphatic heterocycles. The Hall–Kier alpha value is -2.00. The molecule has 2 heterocycles. The number of hydrogen-bond donors (Lipinski definition) is 0. The van der Waals surface area contributed by atoms with Gasteiger partial charge in [0.15, 0.2) is 11.6 Å². The highest BCUT2D eigenvalue weighted by Gasteiger charge is 2.34. The lowest BCUT2D eigenvalue weighted by Crippen LogP contribution is -2.25. The molecule has 1 aromatic carbocycles. The van der Waals surface area contributed by atoms with Crippen LogP contribution in [0.1, 0.15) is 38.8 Å². The molecule has 8 heteroatoms. The molecule has 166 valence electrons. The molecule has 0 aromatic heterocycles. The third kappa shape index (κ3) is 7.05. The zero-order chi connectivity index (χ0) is 21.8. The van der Waals surface area contributed by atoms with E-state index in [1.807, 2.05) is 39.8 Å². The fourth-order valence-corrected chi connectivity index (χ4v) is 3.35. The van der Waals surface area contributed by atoms with Gasteiger partial charge in [-0.3, -0.25) is 9.59 Å². The van der Waals surface area contributed by atoms with Crippen LogP contribution in [0.3, 0.4) is 0 Å². The largest absolute Gasteiger partial charge is 0.463 e. The van der Waals surface area contributed by atoms with E-state index >= 15 is 0 Å². The molecule has 2 aliphatic rings. The van der Waals surface area contributed by atoms with E-state index in [4.69, 9.17) is 28.4 Å². The molecule has 0 N–H and O–H groups in total. The molecule has 30 heavy (non-hydrogen) atoms. The van der Waals surface area contributed by atoms with Gasteiger partial charge in [0.05, 0.1) is 26.1 Å². The monoisotopic (exact) mass is 422 g/mol. The van der Waals surface area contributed by atoms with Crippen molar-refractivity contribution in [3.63, 3.8) is 0 Å². The third-order valence-electron chi connectivity index (χ3n) is 4.68. The summed E-state index contributed by atoms with van der Waals surface area (Å²) in [4.78, 5) is 24.3. The summed E-state index contributed by atoms with van der Waals surface area (Å²) in [6.45, 7) is 8.37. The number of carbonyl (C=O) groups is 2. The van der Waals surface area contributed by atoms with Gasteiger partial charge in [-0.05, 0) is 38.8 Å². The molecule has 0 radical (unpaired) electrons. The summed E-state index contributed by atoms with van der Waals surface area (Å²) in [7, 11) is 0. The summed E-state index contributed by atoms with van der Waals surface area (Å²) in [5.41, 5.74) is 1.53. The van der Waals surface area contributed by atoms with Gasteiger partial charge in [-0.15, -0.1) is 0 Å². The molecule has 8 nitrogen and oxygen atoms in total. The van der Waals surface area contributed by atoms with Crippen molar-refractivity contribution < 1.29 is 38.0 Å². The van der Waals surface area contributed by atoms with Crippen molar-refractivity contribution in [2.24, 2.45) is 0 Å². The second kappa shape index (κ2) is 9.43. The minimum absolute atomic E-state index is 0.113. The van der Waals surface area contributed by atoms with Crippen LogP contribution in [-0.2, 0) is 50.9 Å². The zero-order valence-electron chi connectivity index (χ0n) is 18.0. The first-order chi connectivity index (χ1) is 14.1. The fourth-order valence-electron chi connectivity index (χ4n) is 3.35. The Labute approximate surface area is 176 Å². The molecule has 2 unspecified atom stereocenters. The number of carbonyl (C=O) groups excluding carboxylic acids is 2. The first-order valence-electron chi connectivity index (χ1n) is 10.1. The summed E-state index contributed by atoms with van der Waals surface area (Å²) >= 11 is 0. The topological polar surface area (TPSA) is 89.5 Å². The molecule has 0 saturated carbocycles. The minimum Gasteiger partial charge on any atom is -0.463 e. The Morgan fingerprint density at radius 2 is 1.30 bits per heavy atom. The molecule has 0 bridgehead atoms. The Bertz CT molecular complexity index is 698. The normalized spacial score (nSPS) is 24.5. The van der Waals surface area contributed by atoms with Crippen LogP contribution in [0.5, 0.6) is 0 Å². The molecule has 0 amide bonds. The minimum atomic E-state index is -0.646. The van der Waals surface area contributed by atoms with Crippen molar-refractivity contribution >= 4 is 11.9 Å². The standard InChI is InChI=1S/C22H30O8/c1-21(2)27-13-17(29-21)11-25-19(23)9-15-6-5-7-16(8-15)10-20(24)26-12-18-14-28-22(3,4)30-18/h5-8,17-18H,9-14H2,1-4H3. The number of benzene rings is 1. The summed E-state index contributed by atoms with van der Waals surface area (Å²) in [6.07, 6.45) is -0.292. The van der Waals surface area contributed by atoms with Crippen molar-refractivity contribution in [2.75, 3.05) is 26.4 Å². The number of hydrogen-bond acceptors (Lipinski definition) is 8. The van der Waals surface area contributed by atoms with Crippen LogP contribution >= 0.6 is 0 Å². The van der Waals surface area contributed by atoms with Gasteiger partial charge in [0.1, 0.15) is 25.4 Å². The molecular formula is C22H30O8. The van der Waals surface area contributed by atoms with Crippen LogP contribution < -0.4 is 0 Å². The Morgan fingerprint density at radius 3 is 1.67 bits per heavy atom. The fraction of sp³-hybridized carbons (Fsp3) is 0.636. The van der Waals surface area contributed by atoms with Crippen LogP contribution in [0.15, 0.2) is 24.3 Å². The lowest BCUT2D eigenvalue weighted by atomic mass is 10.1. The summed E-state index contributed by atoms with van der Waals surface area (Å²) < 4.78 is 32.7. The summed E-state index contributed by atoms with van der Waals surface area (Å²) in [6, 6.07) is 7.25. The van der Waals surface area contributed by atoms with E-state index in [0.29, 0.717) is 13.2 Å². The van der Waals surface area contributed by atoms with Crippen LogP contribution in [0.2, 0.25) is 0 Å². The first kappa shape index (κ1) is 22.7. The number of rotatable bonds is 8. The lowest BCUT2D eigenvalue weighted by molar-refractivity contribution is -0.157. The van der Waals surface area contributed by atoms with Gasteiger partial charge in [-0.1, -0.05) is 24.3 Å². The van der Waals surface area contributed by atoms with Gasteiger partial charge in [-0.25, -0.2) is 0 Å². The van der Waals surface area contributed by atoms with Gasteiger partial charge < -0.3 is 28.4 Å². The van der Waals surface area contributed by atoms with E-state index in [-0.39, 0.29) is 50.2 Å². The van der Waals surface area contributed by atoms with Crippen LogP contribution in [-0.4, -0.2) is 62.1 Å². The summed E-state index contributed by atoms with van der Waals surface area (Å²) in [5.74, 6) is -2.01. The molecule has 2 atom stereocenters. The van der Waals surface area contributed by atoms with E-state index in [2.05, 4.69) is 0 Å². The maximum absolute atomic E-state index is 12.1. The van der Waals surface area contributed by atoms with Crippen molar-refractivity contribution in [2.45, 2.75) is 64.3 Å². The predicted octanol–water partition coefficient (Wildman–Crippen LogP) is 2.16. The SMILES string of the molecule is CC1(C)OCC(COC(=O)Cc2cccc(CC(=O)OCC3COC(C)(C)O3)c2)O1. The van der Waals surface area contributed by atoms with E-state index in [1.165, 1.54) is 0 Å². The smallest absolute Gasteiger partial charge is 0.310 e. The Kier molecular flexibility index (Phi) is 7.13. The first-order valence-corrected chi connectivity index (χ1v) is 10.1. The van der Waals surface area contributed by atoms with Crippen LogP contribution in [0, 0.1) is 0 Å². The quantitative estimate of drug-likeness (QED) is 0.589. The van der Waals surface area contributed by atoms with Crippen molar-refractivity contribution in [3.05, 3.63) is 35.4 Å². The van der Waals surface area contributed by atoms with Gasteiger partial charge in [0.25, 0.3) is 0 Å². The van der Waals surface area contributed by atoms with Crippen molar-refractivity contribution in [1.82, 2.24) is 0 Å². The average Bonchev–Trinajstić information content (AvgIpc) is 3.19. The molecule has 0 aliphatic carbocycles. The molecule has 2 saturated heterocycles. The van der Waals surface area contributed by atoms with E-state index in [9.17, 15) is 9.59 Å². The average molecular weight is 422 g/mol. The molecule has 0 spiro atoms. The van der Waals surface area contributed by atoms with E-state index in [1.54, 1.807) is 12.1 Å². The third-order valence-corrected chi connectivity index (χ3v) is 4.68. The predicted molar refractivity (Wildman–Crippen MR) is 106 cm³/mol. The van der Waals surface area contributed by atoms with Gasteiger partial charge in [-0.2, -0.15) is 0 Å². The van der Waals surface area contributed by atoms with Crippen molar-refractivity contribution in [3.8, 4) is 0 Å². The highest BCUT2D eigenvalue weighted by molar-refractivity contribution is 5.74. The van der Waals surface area contributed by atoms with Gasteiger partial charge >= 0.3 is 11.9 Å². The lowest BCUT2D eigenvalue weighted by Gasteiger charge is -2.17. The number of ether oxygens (including phenoxy) is 6. The van der Waals surface area contributed by atoms with Crippen LogP contribution in [0.25, 0.3) is 0 Å². The van der Waals surface area contributed by atoms with E-state index in [0.717, 1.165) is 11.1 Å². The highest BCUT2D eigenvalue weighted by atomic mass is 16.8. The molecule has 3 rings (SSSR count). The zero-order valence-corrected chi connectivity index (χ0v) is 18.0. The van der Waals surface area contributed by atoms with E-state index < -0.39 is 11.6 Å². The molecule has 2 fully saturated rings. The maximum Gasteiger partial charge on any atom is 0.310 e. The van der Waals surface area contributed by atoms with Crippen molar-refractivity contribution in [1.29, 1.82) is 0 Å². The molecular weight excluding hydrogens is 392 g/mol. The van der Waals surface area contributed by atoms with Gasteiger partial charge in [0.2, 0.25) is 0 Å². The Balaban J connectivity index is 1.40. The maximum atomic E-state index is 12.1. The molecule has 1 aromatic rings. The van der Waals surface area contributed by atoms with Crippen LogP contribution in [0.4, 0.5) is 0 Å². The second-order valence-electron chi connectivity index (χ2n) is 8.44.